The van der Waals surface area contributed by atoms with Crippen molar-refractivity contribution in [2.45, 2.75) is 13.0 Å². The lowest BCUT2D eigenvalue weighted by molar-refractivity contribution is 0.328. The van der Waals surface area contributed by atoms with E-state index >= 15 is 0 Å². The molecular weight excluding hydrogens is 320 g/mol. The van der Waals surface area contributed by atoms with Gasteiger partial charge in [0.05, 0.1) is 0 Å². The summed E-state index contributed by atoms with van der Waals surface area (Å²) in [6.45, 7) is 3.15. The van der Waals surface area contributed by atoms with E-state index in [9.17, 15) is 0 Å². The number of hydrogen-bond donors (Lipinski definition) is 1. The summed E-state index contributed by atoms with van der Waals surface area (Å²) in [5.41, 5.74) is 1.20. The minimum Gasteiger partial charge on any atom is -0.385 e. The highest BCUT2D eigenvalue weighted by atomic mass is 79.9. The maximum atomic E-state index is 3.49. The Bertz CT molecular complexity index is 484. The largest absolute Gasteiger partial charge is 0.385 e. The fraction of sp³-hybridized carbons (Fsp3) is 0.333. The van der Waals surface area contributed by atoms with Crippen LogP contribution in [0, 0.1) is 0 Å². The van der Waals surface area contributed by atoms with Crippen LogP contribution < -0.4 is 5.32 Å². The van der Waals surface area contributed by atoms with Crippen molar-refractivity contribution in [3.05, 3.63) is 51.1 Å². The Balaban J connectivity index is 1.63. The van der Waals surface area contributed by atoms with Gasteiger partial charge in [0.15, 0.2) is 0 Å². The van der Waals surface area contributed by atoms with Crippen LogP contribution in [0.4, 0.5) is 5.69 Å². The molecule has 1 aromatic heterocycles. The van der Waals surface area contributed by atoms with E-state index in [2.05, 4.69) is 68.9 Å². The van der Waals surface area contributed by atoms with E-state index in [-0.39, 0.29) is 0 Å². The summed E-state index contributed by atoms with van der Waals surface area (Å²) in [6, 6.07) is 12.6. The molecule has 0 atom stereocenters. The zero-order valence-corrected chi connectivity index (χ0v) is 13.5. The summed E-state index contributed by atoms with van der Waals surface area (Å²) in [7, 11) is 2.18. The summed E-state index contributed by atoms with van der Waals surface area (Å²) >= 11 is 5.30. The van der Waals surface area contributed by atoms with Gasteiger partial charge in [-0.05, 0) is 54.1 Å². The molecule has 4 heteroatoms. The second-order valence-corrected chi connectivity index (χ2v) is 6.53. The third-order valence-corrected chi connectivity index (χ3v) is 4.55. The lowest BCUT2D eigenvalue weighted by Crippen LogP contribution is -2.20. The molecule has 2 aromatic rings. The average molecular weight is 339 g/mol. The zero-order valence-electron chi connectivity index (χ0n) is 11.1. The number of rotatable bonds is 7. The molecule has 1 N–H and O–H groups in total. The average Bonchev–Trinajstić information content (AvgIpc) is 2.81. The molecule has 0 bridgehead atoms. The molecule has 0 aliphatic carbocycles. The third-order valence-electron chi connectivity index (χ3n) is 2.87. The molecule has 0 fully saturated rings. The van der Waals surface area contributed by atoms with Gasteiger partial charge < -0.3 is 10.2 Å². The number of nitrogens with one attached hydrogen (secondary N) is 1. The highest BCUT2D eigenvalue weighted by Crippen LogP contribution is 2.20. The first-order chi connectivity index (χ1) is 9.24. The molecule has 0 radical (unpaired) electrons. The van der Waals surface area contributed by atoms with E-state index in [1.807, 2.05) is 17.4 Å². The molecule has 0 spiro atoms. The number of thiophene rings is 1. The first kappa shape index (κ1) is 14.6. The Hall–Kier alpha value is -0.840. The number of benzene rings is 1. The standard InChI is InChI=1S/C15H19BrN2S/c1-18(11-15-10-13(16)12-19-15)9-5-8-17-14-6-3-2-4-7-14/h2-4,6-7,10,12,17H,5,8-9,11H2,1H3. The van der Waals surface area contributed by atoms with Crippen LogP contribution in [0.2, 0.25) is 0 Å². The maximum absolute atomic E-state index is 3.49. The number of halogens is 1. The van der Waals surface area contributed by atoms with Crippen LogP contribution in [0.3, 0.4) is 0 Å². The van der Waals surface area contributed by atoms with E-state index < -0.39 is 0 Å². The predicted molar refractivity (Wildman–Crippen MR) is 87.9 cm³/mol. The second kappa shape index (κ2) is 7.68. The summed E-state index contributed by atoms with van der Waals surface area (Å²) in [5, 5.41) is 5.58. The third kappa shape index (κ3) is 5.35. The molecular formula is C15H19BrN2S. The van der Waals surface area contributed by atoms with Gasteiger partial charge in [-0.25, -0.2) is 0 Å². The van der Waals surface area contributed by atoms with Gasteiger partial charge in [-0.3, -0.25) is 0 Å². The minimum absolute atomic E-state index is 1.02. The van der Waals surface area contributed by atoms with E-state index in [0.717, 1.165) is 26.1 Å². The van der Waals surface area contributed by atoms with Crippen molar-refractivity contribution in [1.82, 2.24) is 4.90 Å². The van der Waals surface area contributed by atoms with E-state index in [0.29, 0.717) is 0 Å². The predicted octanol–water partition coefficient (Wildman–Crippen LogP) is 4.44. The summed E-state index contributed by atoms with van der Waals surface area (Å²) in [6.07, 6.45) is 1.15. The van der Waals surface area contributed by atoms with Crippen LogP contribution >= 0.6 is 27.3 Å². The van der Waals surface area contributed by atoms with E-state index in [4.69, 9.17) is 0 Å². The number of para-hydroxylation sites is 1. The van der Waals surface area contributed by atoms with Gasteiger partial charge in [0.25, 0.3) is 0 Å². The van der Waals surface area contributed by atoms with Crippen molar-refractivity contribution in [2.24, 2.45) is 0 Å². The minimum atomic E-state index is 1.02. The topological polar surface area (TPSA) is 15.3 Å². The van der Waals surface area contributed by atoms with Gasteiger partial charge in [-0.1, -0.05) is 18.2 Å². The molecule has 1 aromatic carbocycles. The molecule has 2 nitrogen and oxygen atoms in total. The van der Waals surface area contributed by atoms with Gasteiger partial charge in [0.2, 0.25) is 0 Å². The van der Waals surface area contributed by atoms with Crippen LogP contribution in [0.15, 0.2) is 46.3 Å². The number of anilines is 1. The number of nitrogens with zero attached hydrogens (tertiary/aromatic N) is 1. The SMILES string of the molecule is CN(CCCNc1ccccc1)Cc1cc(Br)cs1. The summed E-state index contributed by atoms with van der Waals surface area (Å²) in [5.74, 6) is 0. The fourth-order valence-corrected chi connectivity index (χ4v) is 3.45. The Labute approximate surface area is 127 Å². The van der Waals surface area contributed by atoms with E-state index in [1.165, 1.54) is 15.0 Å². The molecule has 0 saturated heterocycles. The van der Waals surface area contributed by atoms with Gasteiger partial charge in [0, 0.05) is 33.5 Å². The Morgan fingerprint density at radius 2 is 2.05 bits per heavy atom. The van der Waals surface area contributed by atoms with Gasteiger partial charge in [0.1, 0.15) is 0 Å². The van der Waals surface area contributed by atoms with Crippen molar-refractivity contribution in [1.29, 1.82) is 0 Å². The Morgan fingerprint density at radius 1 is 1.26 bits per heavy atom. The number of hydrogen-bond acceptors (Lipinski definition) is 3. The molecule has 19 heavy (non-hydrogen) atoms. The second-order valence-electron chi connectivity index (χ2n) is 4.62. The van der Waals surface area contributed by atoms with E-state index in [1.54, 1.807) is 0 Å². The monoisotopic (exact) mass is 338 g/mol. The first-order valence-electron chi connectivity index (χ1n) is 6.44. The summed E-state index contributed by atoms with van der Waals surface area (Å²) in [4.78, 5) is 3.77. The van der Waals surface area contributed by atoms with Crippen LogP contribution in [-0.2, 0) is 6.54 Å². The van der Waals surface area contributed by atoms with Crippen molar-refractivity contribution < 1.29 is 0 Å². The quantitative estimate of drug-likeness (QED) is 0.750. The van der Waals surface area contributed by atoms with Crippen molar-refractivity contribution >= 4 is 33.0 Å². The molecule has 1 heterocycles. The van der Waals surface area contributed by atoms with Gasteiger partial charge in [-0.2, -0.15) is 0 Å². The molecule has 0 saturated carbocycles. The first-order valence-corrected chi connectivity index (χ1v) is 8.11. The van der Waals surface area contributed by atoms with Crippen LogP contribution in [-0.4, -0.2) is 25.0 Å². The van der Waals surface area contributed by atoms with Crippen LogP contribution in [0.5, 0.6) is 0 Å². The molecule has 0 amide bonds. The molecule has 0 aliphatic rings. The molecule has 0 aliphatic heterocycles. The fourth-order valence-electron chi connectivity index (χ4n) is 1.92. The summed E-state index contributed by atoms with van der Waals surface area (Å²) < 4.78 is 1.19. The van der Waals surface area contributed by atoms with Gasteiger partial charge >= 0.3 is 0 Å². The van der Waals surface area contributed by atoms with Crippen LogP contribution in [0.25, 0.3) is 0 Å². The normalized spacial score (nSPS) is 10.9. The highest BCUT2D eigenvalue weighted by Gasteiger charge is 2.02. The Kier molecular flexibility index (Phi) is 5.89. The van der Waals surface area contributed by atoms with Gasteiger partial charge in [-0.15, -0.1) is 11.3 Å². The maximum Gasteiger partial charge on any atom is 0.0340 e. The highest BCUT2D eigenvalue weighted by molar-refractivity contribution is 9.10. The van der Waals surface area contributed by atoms with Crippen molar-refractivity contribution in [3.63, 3.8) is 0 Å². The molecule has 102 valence electrons. The van der Waals surface area contributed by atoms with Crippen molar-refractivity contribution in [2.75, 3.05) is 25.5 Å². The molecule has 0 unspecified atom stereocenters. The lowest BCUT2D eigenvalue weighted by Gasteiger charge is -2.15. The molecule has 2 rings (SSSR count). The lowest BCUT2D eigenvalue weighted by atomic mass is 10.3. The smallest absolute Gasteiger partial charge is 0.0340 e. The van der Waals surface area contributed by atoms with Crippen molar-refractivity contribution in [3.8, 4) is 0 Å². The van der Waals surface area contributed by atoms with Crippen LogP contribution in [0.1, 0.15) is 11.3 Å². The Morgan fingerprint density at radius 3 is 2.74 bits per heavy atom. The zero-order chi connectivity index (χ0) is 13.5.